The maximum Gasteiger partial charge on any atom is 0.193 e. The zero-order valence-electron chi connectivity index (χ0n) is 19.7. The standard InChI is InChI=1S/C29H25NO5.ClH/c1-30-12-10-21(11-13-30)34-20-6-2-17(3-7-20)29(33)25-16-27-28(22-8-4-18(31)14-24(22)25)23-9-5-19(32)15-26(23)35-27;/h2-9,14-16,21,31-32H,10-13H2,1H3;1H. The molecule has 0 atom stereocenters. The number of rotatable bonds is 4. The van der Waals surface area contributed by atoms with Crippen LogP contribution in [0.5, 0.6) is 17.2 Å². The monoisotopic (exact) mass is 503 g/mol. The smallest absolute Gasteiger partial charge is 0.193 e. The van der Waals surface area contributed by atoms with Crippen molar-refractivity contribution < 1.29 is 24.2 Å². The zero-order chi connectivity index (χ0) is 24.1. The molecule has 1 aliphatic rings. The van der Waals surface area contributed by atoms with Gasteiger partial charge in [0.1, 0.15) is 34.5 Å². The lowest BCUT2D eigenvalue weighted by molar-refractivity contribution is 0.103. The van der Waals surface area contributed by atoms with Gasteiger partial charge in [-0.25, -0.2) is 0 Å². The number of carbonyl (C=O) groups excluding carboxylic acids is 1. The van der Waals surface area contributed by atoms with Crippen LogP contribution in [-0.4, -0.2) is 47.1 Å². The number of halogens is 1. The number of hydrogen-bond donors (Lipinski definition) is 2. The Morgan fingerprint density at radius 1 is 0.861 bits per heavy atom. The fourth-order valence-electron chi connectivity index (χ4n) is 4.99. The second kappa shape index (κ2) is 9.37. The Bertz CT molecular complexity index is 1580. The van der Waals surface area contributed by atoms with Crippen molar-refractivity contribution in [3.8, 4) is 17.2 Å². The molecule has 0 saturated carbocycles. The minimum atomic E-state index is -0.170. The van der Waals surface area contributed by atoms with Crippen LogP contribution in [0.15, 0.2) is 71.1 Å². The Balaban J connectivity index is 0.00000267. The molecule has 0 unspecified atom stereocenters. The van der Waals surface area contributed by atoms with E-state index in [1.165, 1.54) is 0 Å². The van der Waals surface area contributed by atoms with E-state index < -0.39 is 0 Å². The lowest BCUT2D eigenvalue weighted by Gasteiger charge is -2.29. The van der Waals surface area contributed by atoms with Crippen LogP contribution in [0.1, 0.15) is 28.8 Å². The van der Waals surface area contributed by atoms with Crippen molar-refractivity contribution in [1.29, 1.82) is 0 Å². The Morgan fingerprint density at radius 3 is 2.25 bits per heavy atom. The van der Waals surface area contributed by atoms with Crippen molar-refractivity contribution >= 4 is 50.9 Å². The maximum atomic E-state index is 13.6. The number of phenolic OH excluding ortho intramolecular Hbond substituents is 2. The second-order valence-electron chi connectivity index (χ2n) is 9.28. The molecule has 0 spiro atoms. The lowest BCUT2D eigenvalue weighted by Crippen LogP contribution is -2.35. The molecule has 0 radical (unpaired) electrons. The predicted molar refractivity (Wildman–Crippen MR) is 143 cm³/mol. The number of likely N-dealkylation sites (tertiary alicyclic amines) is 1. The quantitative estimate of drug-likeness (QED) is 0.281. The maximum absolute atomic E-state index is 13.6. The van der Waals surface area contributed by atoms with Crippen LogP contribution in [0.4, 0.5) is 0 Å². The van der Waals surface area contributed by atoms with Gasteiger partial charge in [-0.1, -0.05) is 0 Å². The average molecular weight is 504 g/mol. The van der Waals surface area contributed by atoms with Crippen molar-refractivity contribution in [2.75, 3.05) is 20.1 Å². The Kier molecular flexibility index (Phi) is 6.24. The van der Waals surface area contributed by atoms with Gasteiger partial charge >= 0.3 is 0 Å². The summed E-state index contributed by atoms with van der Waals surface area (Å²) in [5.41, 5.74) is 2.05. The first-order chi connectivity index (χ1) is 17.0. The van der Waals surface area contributed by atoms with Gasteiger partial charge in [-0.2, -0.15) is 0 Å². The normalized spacial score (nSPS) is 14.8. The molecule has 2 heterocycles. The van der Waals surface area contributed by atoms with E-state index in [1.54, 1.807) is 54.6 Å². The number of ketones is 1. The van der Waals surface area contributed by atoms with Gasteiger partial charge in [0.05, 0.1) is 0 Å². The minimum absolute atomic E-state index is 0. The number of ether oxygens (including phenoxy) is 1. The molecule has 36 heavy (non-hydrogen) atoms. The number of furan rings is 1. The molecular weight excluding hydrogens is 478 g/mol. The highest BCUT2D eigenvalue weighted by Gasteiger charge is 2.21. The molecule has 0 aliphatic carbocycles. The number of piperidine rings is 1. The van der Waals surface area contributed by atoms with E-state index in [4.69, 9.17) is 9.15 Å². The molecule has 4 aromatic carbocycles. The highest BCUT2D eigenvalue weighted by Crippen LogP contribution is 2.39. The van der Waals surface area contributed by atoms with Crippen LogP contribution < -0.4 is 4.74 Å². The molecule has 5 aromatic rings. The summed E-state index contributed by atoms with van der Waals surface area (Å²) in [7, 11) is 2.12. The first kappa shape index (κ1) is 24.0. The van der Waals surface area contributed by atoms with Gasteiger partial charge < -0.3 is 24.3 Å². The van der Waals surface area contributed by atoms with Crippen molar-refractivity contribution in [3.05, 3.63) is 77.9 Å². The van der Waals surface area contributed by atoms with E-state index in [2.05, 4.69) is 11.9 Å². The number of fused-ring (bicyclic) bond motifs is 5. The highest BCUT2D eigenvalue weighted by atomic mass is 35.5. The molecule has 0 bridgehead atoms. The summed E-state index contributed by atoms with van der Waals surface area (Å²) >= 11 is 0. The summed E-state index contributed by atoms with van der Waals surface area (Å²) in [6, 6.07) is 18.9. The van der Waals surface area contributed by atoms with Crippen LogP contribution in [-0.2, 0) is 0 Å². The number of carbonyl (C=O) groups is 1. The van der Waals surface area contributed by atoms with E-state index in [-0.39, 0.29) is 35.8 Å². The first-order valence-electron chi connectivity index (χ1n) is 11.8. The van der Waals surface area contributed by atoms with E-state index in [0.29, 0.717) is 27.7 Å². The number of nitrogens with zero attached hydrogens (tertiary/aromatic N) is 1. The van der Waals surface area contributed by atoms with Gasteiger partial charge in [-0.05, 0) is 91.3 Å². The van der Waals surface area contributed by atoms with Gasteiger partial charge in [-0.3, -0.25) is 4.79 Å². The van der Waals surface area contributed by atoms with Crippen molar-refractivity contribution in [3.63, 3.8) is 0 Å². The van der Waals surface area contributed by atoms with Gasteiger partial charge in [0, 0.05) is 41.1 Å². The number of hydrogen-bond acceptors (Lipinski definition) is 6. The lowest BCUT2D eigenvalue weighted by atomic mass is 9.94. The summed E-state index contributed by atoms with van der Waals surface area (Å²) in [4.78, 5) is 15.9. The molecule has 0 amide bonds. The van der Waals surface area contributed by atoms with E-state index >= 15 is 0 Å². The molecular formula is C29H26ClNO5. The molecule has 1 aliphatic heterocycles. The van der Waals surface area contributed by atoms with Crippen LogP contribution in [0.25, 0.3) is 32.7 Å². The highest BCUT2D eigenvalue weighted by molar-refractivity contribution is 6.26. The third-order valence-corrected chi connectivity index (χ3v) is 6.87. The zero-order valence-corrected chi connectivity index (χ0v) is 20.5. The predicted octanol–water partition coefficient (Wildman–Crippen LogP) is 6.28. The van der Waals surface area contributed by atoms with E-state index in [0.717, 1.165) is 47.8 Å². The summed E-state index contributed by atoms with van der Waals surface area (Å²) in [6.07, 6.45) is 2.17. The Labute approximate surface area is 214 Å². The molecule has 184 valence electrons. The number of phenols is 2. The van der Waals surface area contributed by atoms with Crippen LogP contribution in [0.3, 0.4) is 0 Å². The molecule has 1 fully saturated rings. The molecule has 1 saturated heterocycles. The molecule has 6 nitrogen and oxygen atoms in total. The van der Waals surface area contributed by atoms with Gasteiger partial charge in [0.25, 0.3) is 0 Å². The van der Waals surface area contributed by atoms with Crippen molar-refractivity contribution in [2.24, 2.45) is 0 Å². The molecule has 7 heteroatoms. The number of aromatic hydroxyl groups is 2. The van der Waals surface area contributed by atoms with Gasteiger partial charge in [0.2, 0.25) is 0 Å². The van der Waals surface area contributed by atoms with Gasteiger partial charge in [0.15, 0.2) is 5.78 Å². The van der Waals surface area contributed by atoms with Crippen molar-refractivity contribution in [2.45, 2.75) is 18.9 Å². The third-order valence-electron chi connectivity index (χ3n) is 6.87. The first-order valence-corrected chi connectivity index (χ1v) is 11.8. The summed E-state index contributed by atoms with van der Waals surface area (Å²) < 4.78 is 12.1. The molecule has 1 aromatic heterocycles. The summed E-state index contributed by atoms with van der Waals surface area (Å²) in [5.74, 6) is 0.776. The van der Waals surface area contributed by atoms with Gasteiger partial charge in [-0.15, -0.1) is 12.4 Å². The minimum Gasteiger partial charge on any atom is -0.508 e. The van der Waals surface area contributed by atoms with Crippen LogP contribution >= 0.6 is 12.4 Å². The topological polar surface area (TPSA) is 83.1 Å². The van der Waals surface area contributed by atoms with Crippen LogP contribution in [0, 0.1) is 0 Å². The summed E-state index contributed by atoms with van der Waals surface area (Å²) in [6.45, 7) is 2.04. The fraction of sp³-hybridized carbons (Fsp3) is 0.207. The summed E-state index contributed by atoms with van der Waals surface area (Å²) in [5, 5.41) is 23.2. The molecule has 2 N–H and O–H groups in total. The Morgan fingerprint density at radius 2 is 1.53 bits per heavy atom. The van der Waals surface area contributed by atoms with Crippen LogP contribution in [0.2, 0.25) is 0 Å². The fourth-order valence-corrected chi connectivity index (χ4v) is 4.99. The van der Waals surface area contributed by atoms with E-state index in [9.17, 15) is 15.0 Å². The number of benzene rings is 4. The SMILES string of the molecule is CN1CCC(Oc2ccc(C(=O)c3cc4oc5cc(O)ccc5c4c4ccc(O)cc34)cc2)CC1.Cl. The Hall–Kier alpha value is -3.74. The van der Waals surface area contributed by atoms with Crippen molar-refractivity contribution in [1.82, 2.24) is 4.90 Å². The largest absolute Gasteiger partial charge is 0.508 e. The molecule has 6 rings (SSSR count). The second-order valence-corrected chi connectivity index (χ2v) is 9.28. The third kappa shape index (κ3) is 4.23. The average Bonchev–Trinajstić information content (AvgIpc) is 3.22. The van der Waals surface area contributed by atoms with E-state index in [1.807, 2.05) is 12.1 Å².